The maximum atomic E-state index is 13.5. The number of amides is 1. The van der Waals surface area contributed by atoms with Crippen molar-refractivity contribution in [3.63, 3.8) is 0 Å². The molecule has 0 saturated carbocycles. The predicted octanol–water partition coefficient (Wildman–Crippen LogP) is 4.53. The van der Waals surface area contributed by atoms with Crippen LogP contribution >= 0.6 is 0 Å². The molecule has 0 saturated heterocycles. The van der Waals surface area contributed by atoms with Gasteiger partial charge in [-0.15, -0.1) is 0 Å². The van der Waals surface area contributed by atoms with Crippen LogP contribution in [0.5, 0.6) is 23.0 Å². The van der Waals surface area contributed by atoms with E-state index in [-0.39, 0.29) is 24.0 Å². The Bertz CT molecular complexity index is 1260. The van der Waals surface area contributed by atoms with E-state index in [1.807, 2.05) is 36.4 Å². The van der Waals surface area contributed by atoms with Gasteiger partial charge in [-0.25, -0.2) is 0 Å². The lowest BCUT2D eigenvalue weighted by Gasteiger charge is -2.23. The predicted molar refractivity (Wildman–Crippen MR) is 128 cm³/mol. The summed E-state index contributed by atoms with van der Waals surface area (Å²) in [6.45, 7) is 2.48. The summed E-state index contributed by atoms with van der Waals surface area (Å²) in [7, 11) is 3.14. The molecule has 35 heavy (non-hydrogen) atoms. The molecule has 0 aliphatic carbocycles. The number of benzene rings is 3. The molecule has 1 aliphatic heterocycles. The highest BCUT2D eigenvalue weighted by Crippen LogP contribution is 2.33. The molecule has 0 spiro atoms. The van der Waals surface area contributed by atoms with Crippen LogP contribution in [0, 0.1) is 17.0 Å². The Morgan fingerprint density at radius 2 is 1.71 bits per heavy atom. The van der Waals surface area contributed by atoms with Crippen LogP contribution in [0.3, 0.4) is 0 Å². The monoisotopic (exact) mass is 478 g/mol. The molecule has 1 amide bonds. The molecule has 0 N–H and O–H groups in total. The highest BCUT2D eigenvalue weighted by Gasteiger charge is 2.22. The second-order valence-corrected chi connectivity index (χ2v) is 8.11. The number of rotatable bonds is 9. The molecule has 0 aromatic heterocycles. The van der Waals surface area contributed by atoms with Crippen molar-refractivity contribution in [2.45, 2.75) is 19.9 Å². The van der Waals surface area contributed by atoms with E-state index in [4.69, 9.17) is 18.9 Å². The Labute approximate surface area is 202 Å². The molecule has 9 heteroatoms. The lowest BCUT2D eigenvalue weighted by molar-refractivity contribution is -0.385. The molecule has 0 atom stereocenters. The first kappa shape index (κ1) is 23.9. The smallest absolute Gasteiger partial charge is 0.273 e. The van der Waals surface area contributed by atoms with Crippen LogP contribution in [0.1, 0.15) is 27.0 Å². The van der Waals surface area contributed by atoms with Crippen LogP contribution in [0.25, 0.3) is 0 Å². The quantitative estimate of drug-likeness (QED) is 0.329. The fraction of sp³-hybridized carbons (Fsp3) is 0.269. The minimum absolute atomic E-state index is 0.0845. The second-order valence-electron chi connectivity index (χ2n) is 8.11. The fourth-order valence-corrected chi connectivity index (χ4v) is 3.93. The van der Waals surface area contributed by atoms with E-state index in [9.17, 15) is 14.9 Å². The number of aryl methyl sites for hydroxylation is 1. The normalized spacial score (nSPS) is 11.7. The van der Waals surface area contributed by atoms with Crippen molar-refractivity contribution in [2.75, 3.05) is 27.6 Å². The Balaban J connectivity index is 1.61. The second kappa shape index (κ2) is 10.3. The van der Waals surface area contributed by atoms with Gasteiger partial charge in [0.15, 0.2) is 23.0 Å². The molecule has 0 fully saturated rings. The van der Waals surface area contributed by atoms with Gasteiger partial charge in [-0.2, -0.15) is 0 Å². The van der Waals surface area contributed by atoms with Gasteiger partial charge in [0, 0.05) is 30.3 Å². The summed E-state index contributed by atoms with van der Waals surface area (Å²) in [6, 6.07) is 15.7. The van der Waals surface area contributed by atoms with Gasteiger partial charge in [-0.3, -0.25) is 14.9 Å². The summed E-state index contributed by atoms with van der Waals surface area (Å²) in [5, 5.41) is 11.4. The van der Waals surface area contributed by atoms with Gasteiger partial charge in [-0.05, 0) is 54.8 Å². The molecular weight excluding hydrogens is 452 g/mol. The van der Waals surface area contributed by atoms with Crippen LogP contribution in [0.15, 0.2) is 54.6 Å². The number of methoxy groups -OCH3 is 2. The summed E-state index contributed by atoms with van der Waals surface area (Å²) in [5.41, 5.74) is 2.49. The largest absolute Gasteiger partial charge is 0.493 e. The molecule has 1 heterocycles. The molecular formula is C26H26N2O7. The number of ether oxygens (including phenoxy) is 4. The standard InChI is InChI=1S/C26H26N2O7/c1-17-4-7-20(14-21(17)28(30)31)26(29)27(15-19-6-9-23-25(13-19)35-16-34-23)11-10-18-5-8-22(32-2)24(12-18)33-3/h4-9,12-14H,10-11,15-16H2,1-3H3. The molecule has 3 aromatic rings. The average Bonchev–Trinajstić information content (AvgIpc) is 3.34. The Hall–Kier alpha value is -4.27. The van der Waals surface area contributed by atoms with Crippen LogP contribution in [0.2, 0.25) is 0 Å². The van der Waals surface area contributed by atoms with Gasteiger partial charge in [0.05, 0.1) is 19.1 Å². The van der Waals surface area contributed by atoms with E-state index < -0.39 is 4.92 Å². The number of fused-ring (bicyclic) bond motifs is 1. The topological polar surface area (TPSA) is 100 Å². The fourth-order valence-electron chi connectivity index (χ4n) is 3.93. The zero-order chi connectivity index (χ0) is 24.9. The molecule has 0 unspecified atom stereocenters. The summed E-state index contributed by atoms with van der Waals surface area (Å²) < 4.78 is 21.5. The number of carbonyl (C=O) groups is 1. The van der Waals surface area contributed by atoms with Crippen molar-refractivity contribution < 1.29 is 28.7 Å². The number of carbonyl (C=O) groups excluding carboxylic acids is 1. The Morgan fingerprint density at radius 3 is 2.46 bits per heavy atom. The highest BCUT2D eigenvalue weighted by atomic mass is 16.7. The maximum Gasteiger partial charge on any atom is 0.273 e. The molecule has 3 aromatic carbocycles. The third kappa shape index (κ3) is 5.29. The summed E-state index contributed by atoms with van der Waals surface area (Å²) in [4.78, 5) is 26.1. The van der Waals surface area contributed by atoms with E-state index in [1.54, 1.807) is 38.2 Å². The van der Waals surface area contributed by atoms with Crippen molar-refractivity contribution >= 4 is 11.6 Å². The van der Waals surface area contributed by atoms with Crippen LogP contribution in [-0.4, -0.2) is 43.3 Å². The minimum atomic E-state index is -0.474. The Morgan fingerprint density at radius 1 is 0.971 bits per heavy atom. The minimum Gasteiger partial charge on any atom is -0.493 e. The molecule has 182 valence electrons. The average molecular weight is 479 g/mol. The number of nitrogens with zero attached hydrogens (tertiary/aromatic N) is 2. The lowest BCUT2D eigenvalue weighted by atomic mass is 10.1. The first-order valence-corrected chi connectivity index (χ1v) is 11.0. The van der Waals surface area contributed by atoms with Gasteiger partial charge in [0.2, 0.25) is 6.79 Å². The van der Waals surface area contributed by atoms with Crippen molar-refractivity contribution in [1.82, 2.24) is 4.90 Å². The molecule has 4 rings (SSSR count). The molecule has 0 bridgehead atoms. The zero-order valence-electron chi connectivity index (χ0n) is 19.8. The van der Waals surface area contributed by atoms with Gasteiger partial charge >= 0.3 is 0 Å². The van der Waals surface area contributed by atoms with E-state index in [0.29, 0.717) is 48.1 Å². The third-order valence-corrected chi connectivity index (χ3v) is 5.87. The van der Waals surface area contributed by atoms with E-state index in [2.05, 4.69) is 0 Å². The van der Waals surface area contributed by atoms with Gasteiger partial charge in [0.25, 0.3) is 11.6 Å². The van der Waals surface area contributed by atoms with Gasteiger partial charge in [0.1, 0.15) is 0 Å². The SMILES string of the molecule is COc1ccc(CCN(Cc2ccc3c(c2)OCO3)C(=O)c2ccc(C)c([N+](=O)[O-])c2)cc1OC. The van der Waals surface area contributed by atoms with Gasteiger partial charge in [-0.1, -0.05) is 18.2 Å². The lowest BCUT2D eigenvalue weighted by Crippen LogP contribution is -2.32. The molecule has 0 radical (unpaired) electrons. The zero-order valence-corrected chi connectivity index (χ0v) is 19.8. The summed E-state index contributed by atoms with van der Waals surface area (Å²) >= 11 is 0. The number of nitro groups is 1. The molecule has 1 aliphatic rings. The number of hydrogen-bond donors (Lipinski definition) is 0. The maximum absolute atomic E-state index is 13.5. The van der Waals surface area contributed by atoms with Crippen LogP contribution < -0.4 is 18.9 Å². The van der Waals surface area contributed by atoms with Crippen molar-refractivity contribution in [3.05, 3.63) is 87.0 Å². The van der Waals surface area contributed by atoms with E-state index in [1.165, 1.54) is 6.07 Å². The highest BCUT2D eigenvalue weighted by molar-refractivity contribution is 5.95. The van der Waals surface area contributed by atoms with E-state index in [0.717, 1.165) is 11.1 Å². The van der Waals surface area contributed by atoms with Crippen LogP contribution in [-0.2, 0) is 13.0 Å². The first-order valence-electron chi connectivity index (χ1n) is 11.0. The van der Waals surface area contributed by atoms with Gasteiger partial charge < -0.3 is 23.8 Å². The third-order valence-electron chi connectivity index (χ3n) is 5.87. The molecule has 9 nitrogen and oxygen atoms in total. The number of hydrogen-bond acceptors (Lipinski definition) is 7. The van der Waals surface area contributed by atoms with Crippen molar-refractivity contribution in [3.8, 4) is 23.0 Å². The van der Waals surface area contributed by atoms with Crippen molar-refractivity contribution in [2.24, 2.45) is 0 Å². The Kier molecular flexibility index (Phi) is 7.05. The first-order chi connectivity index (χ1) is 16.9. The summed E-state index contributed by atoms with van der Waals surface area (Å²) in [6.07, 6.45) is 0.546. The summed E-state index contributed by atoms with van der Waals surface area (Å²) in [5.74, 6) is 2.21. The van der Waals surface area contributed by atoms with Crippen molar-refractivity contribution in [1.29, 1.82) is 0 Å². The number of nitro benzene ring substituents is 1. The van der Waals surface area contributed by atoms with E-state index >= 15 is 0 Å². The van der Waals surface area contributed by atoms with Crippen LogP contribution in [0.4, 0.5) is 5.69 Å².